The number of carboxylic acids is 1. The molecule has 6 nitrogen and oxygen atoms in total. The number of piperidine rings is 1. The maximum absolute atomic E-state index is 12.2. The van der Waals surface area contributed by atoms with Crippen LogP contribution in [0.5, 0.6) is 11.5 Å². The Morgan fingerprint density at radius 3 is 2.08 bits per heavy atom. The molecule has 3 rings (SSSR count). The molecule has 26 heavy (non-hydrogen) atoms. The van der Waals surface area contributed by atoms with Crippen molar-refractivity contribution in [2.75, 3.05) is 40.4 Å². The summed E-state index contributed by atoms with van der Waals surface area (Å²) in [5.41, 5.74) is 1.60. The number of nitrogens with zero attached hydrogens (tertiary/aromatic N) is 2. The first-order valence-corrected chi connectivity index (χ1v) is 9.48. The van der Waals surface area contributed by atoms with Crippen LogP contribution in [0, 0.1) is 6.92 Å². The smallest absolute Gasteiger partial charge is 0.325 e. The Labute approximate surface area is 155 Å². The van der Waals surface area contributed by atoms with Crippen LogP contribution in [-0.4, -0.2) is 67.3 Å². The van der Waals surface area contributed by atoms with Gasteiger partial charge in [0.2, 0.25) is 0 Å². The molecule has 2 aliphatic rings. The lowest BCUT2D eigenvalue weighted by molar-refractivity contribution is -0.144. The molecule has 0 saturated carbocycles. The molecule has 2 heterocycles. The molecule has 0 radical (unpaired) electrons. The second-order valence-electron chi connectivity index (χ2n) is 7.33. The average Bonchev–Trinajstić information content (AvgIpc) is 3.17. The summed E-state index contributed by atoms with van der Waals surface area (Å²) in [7, 11) is 3.16. The predicted molar refractivity (Wildman–Crippen MR) is 100 cm³/mol. The van der Waals surface area contributed by atoms with Crippen LogP contribution in [0.1, 0.15) is 42.9 Å². The van der Waals surface area contributed by atoms with Crippen LogP contribution in [0.25, 0.3) is 0 Å². The number of methoxy groups -OCH3 is 2. The molecule has 0 bridgehead atoms. The number of likely N-dealkylation sites (tertiary alicyclic amines) is 2. The second-order valence-corrected chi connectivity index (χ2v) is 7.33. The summed E-state index contributed by atoms with van der Waals surface area (Å²) in [5, 5.41) is 10.0. The molecule has 1 aromatic carbocycles. The molecule has 2 aliphatic heterocycles. The topological polar surface area (TPSA) is 62.2 Å². The van der Waals surface area contributed by atoms with E-state index in [1.54, 1.807) is 14.2 Å². The molecule has 1 aromatic rings. The average molecular weight is 362 g/mol. The molecule has 0 spiro atoms. The zero-order valence-electron chi connectivity index (χ0n) is 16.0. The number of carbonyl (C=O) groups is 1. The quantitative estimate of drug-likeness (QED) is 0.840. The van der Waals surface area contributed by atoms with E-state index in [1.807, 2.05) is 19.1 Å². The van der Waals surface area contributed by atoms with Crippen molar-refractivity contribution in [2.45, 2.75) is 44.7 Å². The summed E-state index contributed by atoms with van der Waals surface area (Å²) in [6.45, 7) is 5.88. The van der Waals surface area contributed by atoms with E-state index in [0.717, 1.165) is 31.5 Å². The van der Waals surface area contributed by atoms with Gasteiger partial charge in [0.05, 0.1) is 19.8 Å². The minimum Gasteiger partial charge on any atom is -0.496 e. The van der Waals surface area contributed by atoms with Crippen LogP contribution in [0.2, 0.25) is 0 Å². The van der Waals surface area contributed by atoms with Crippen molar-refractivity contribution in [1.29, 1.82) is 0 Å². The predicted octanol–water partition coefficient (Wildman–Crippen LogP) is 2.70. The molecule has 0 aliphatic carbocycles. The van der Waals surface area contributed by atoms with Crippen LogP contribution < -0.4 is 9.47 Å². The van der Waals surface area contributed by atoms with E-state index in [4.69, 9.17) is 9.47 Å². The SMILES string of the molecule is COc1cc(C)cc(OC)c1C(C(=O)O)N1CCC(N2CCCC2)CC1. The third-order valence-corrected chi connectivity index (χ3v) is 5.72. The molecular formula is C20H30N2O4. The Kier molecular flexibility index (Phi) is 6.04. The van der Waals surface area contributed by atoms with Gasteiger partial charge in [0.15, 0.2) is 0 Å². The van der Waals surface area contributed by atoms with E-state index < -0.39 is 12.0 Å². The molecule has 144 valence electrons. The van der Waals surface area contributed by atoms with E-state index in [-0.39, 0.29) is 0 Å². The van der Waals surface area contributed by atoms with Crippen LogP contribution in [0.4, 0.5) is 0 Å². The van der Waals surface area contributed by atoms with Crippen LogP contribution in [0.3, 0.4) is 0 Å². The summed E-state index contributed by atoms with van der Waals surface area (Å²) < 4.78 is 11.0. The molecular weight excluding hydrogens is 332 g/mol. The number of carboxylic acid groups (broad SMARTS) is 1. The summed E-state index contributed by atoms with van der Waals surface area (Å²) in [5.74, 6) is 0.303. The molecule has 1 unspecified atom stereocenters. The highest BCUT2D eigenvalue weighted by Gasteiger charge is 2.36. The molecule has 2 saturated heterocycles. The van der Waals surface area contributed by atoms with Gasteiger partial charge in [-0.25, -0.2) is 0 Å². The van der Waals surface area contributed by atoms with Gasteiger partial charge in [-0.3, -0.25) is 9.69 Å². The van der Waals surface area contributed by atoms with Crippen LogP contribution >= 0.6 is 0 Å². The number of ether oxygens (including phenoxy) is 2. The first kappa shape index (κ1) is 19.0. The van der Waals surface area contributed by atoms with Gasteiger partial charge in [-0.1, -0.05) is 0 Å². The van der Waals surface area contributed by atoms with Gasteiger partial charge >= 0.3 is 5.97 Å². The standard InChI is InChI=1S/C20H30N2O4/c1-14-12-16(25-2)18(17(13-14)26-3)19(20(23)24)22-10-6-15(7-11-22)21-8-4-5-9-21/h12-13,15,19H,4-11H2,1-3H3,(H,23,24). The van der Waals surface area contributed by atoms with E-state index >= 15 is 0 Å². The molecule has 6 heteroatoms. The summed E-state index contributed by atoms with van der Waals surface area (Å²) in [6, 6.07) is 3.60. The summed E-state index contributed by atoms with van der Waals surface area (Å²) >= 11 is 0. The molecule has 0 amide bonds. The maximum Gasteiger partial charge on any atom is 0.325 e. The monoisotopic (exact) mass is 362 g/mol. The highest BCUT2D eigenvalue weighted by Crippen LogP contribution is 2.39. The third kappa shape index (κ3) is 3.81. The number of benzene rings is 1. The van der Waals surface area contributed by atoms with E-state index in [9.17, 15) is 9.90 Å². The van der Waals surface area contributed by atoms with Gasteiger partial charge in [0.1, 0.15) is 17.5 Å². The molecule has 1 atom stereocenters. The van der Waals surface area contributed by atoms with Crippen molar-refractivity contribution in [2.24, 2.45) is 0 Å². The summed E-state index contributed by atoms with van der Waals surface area (Å²) in [4.78, 5) is 16.8. The first-order valence-electron chi connectivity index (χ1n) is 9.48. The zero-order valence-corrected chi connectivity index (χ0v) is 16.0. The number of aryl methyl sites for hydroxylation is 1. The van der Waals surface area contributed by atoms with Crippen LogP contribution in [0.15, 0.2) is 12.1 Å². The number of rotatable bonds is 6. The Balaban J connectivity index is 1.83. The minimum atomic E-state index is -0.856. The zero-order chi connectivity index (χ0) is 18.7. The molecule has 1 N–H and O–H groups in total. The fraction of sp³-hybridized carbons (Fsp3) is 0.650. The van der Waals surface area contributed by atoms with Gasteiger partial charge in [-0.2, -0.15) is 0 Å². The Hall–Kier alpha value is -1.79. The van der Waals surface area contributed by atoms with Crippen molar-refractivity contribution in [3.63, 3.8) is 0 Å². The lowest BCUT2D eigenvalue weighted by atomic mass is 9.96. The maximum atomic E-state index is 12.2. The molecule has 0 aromatic heterocycles. The fourth-order valence-corrected chi connectivity index (χ4v) is 4.42. The highest BCUT2D eigenvalue weighted by molar-refractivity contribution is 5.78. The third-order valence-electron chi connectivity index (χ3n) is 5.72. The Morgan fingerprint density at radius 1 is 1.08 bits per heavy atom. The lowest BCUT2D eigenvalue weighted by Gasteiger charge is -2.39. The lowest BCUT2D eigenvalue weighted by Crippen LogP contribution is -2.46. The Bertz CT molecular complexity index is 610. The van der Waals surface area contributed by atoms with Gasteiger partial charge in [0.25, 0.3) is 0 Å². The number of hydrogen-bond acceptors (Lipinski definition) is 5. The largest absolute Gasteiger partial charge is 0.496 e. The number of aliphatic carboxylic acids is 1. The van der Waals surface area contributed by atoms with Gasteiger partial charge in [-0.15, -0.1) is 0 Å². The normalized spacial score (nSPS) is 20.9. The second kappa shape index (κ2) is 8.27. The van der Waals surface area contributed by atoms with Crippen LogP contribution in [-0.2, 0) is 4.79 Å². The summed E-state index contributed by atoms with van der Waals surface area (Å²) in [6.07, 6.45) is 4.60. The number of hydrogen-bond donors (Lipinski definition) is 1. The first-order chi connectivity index (χ1) is 12.5. The van der Waals surface area contributed by atoms with E-state index in [0.29, 0.717) is 23.1 Å². The van der Waals surface area contributed by atoms with Gasteiger partial charge in [-0.05, 0) is 63.4 Å². The fourth-order valence-electron chi connectivity index (χ4n) is 4.42. The Morgan fingerprint density at radius 2 is 1.62 bits per heavy atom. The highest BCUT2D eigenvalue weighted by atomic mass is 16.5. The molecule has 2 fully saturated rings. The van der Waals surface area contributed by atoms with Crippen molar-refractivity contribution >= 4 is 5.97 Å². The minimum absolute atomic E-state index is 0.580. The van der Waals surface area contributed by atoms with Gasteiger partial charge in [0, 0.05) is 19.1 Å². The van der Waals surface area contributed by atoms with Gasteiger partial charge < -0.3 is 19.5 Å². The van der Waals surface area contributed by atoms with E-state index in [1.165, 1.54) is 25.9 Å². The van der Waals surface area contributed by atoms with Crippen molar-refractivity contribution in [3.8, 4) is 11.5 Å². The van der Waals surface area contributed by atoms with Crippen molar-refractivity contribution < 1.29 is 19.4 Å². The van der Waals surface area contributed by atoms with Crippen molar-refractivity contribution in [1.82, 2.24) is 9.80 Å². The van der Waals surface area contributed by atoms with E-state index in [2.05, 4.69) is 9.80 Å². The van der Waals surface area contributed by atoms with Crippen molar-refractivity contribution in [3.05, 3.63) is 23.3 Å².